The van der Waals surface area contributed by atoms with Gasteiger partial charge in [0.15, 0.2) is 0 Å². The fourth-order valence-corrected chi connectivity index (χ4v) is 2.61. The van der Waals surface area contributed by atoms with Gasteiger partial charge in [0.25, 0.3) is 11.8 Å². The summed E-state index contributed by atoms with van der Waals surface area (Å²) in [5.74, 6) is -0.405. The van der Waals surface area contributed by atoms with E-state index in [1.165, 1.54) is 11.3 Å². The van der Waals surface area contributed by atoms with Gasteiger partial charge in [-0.3, -0.25) is 14.6 Å². The number of carbonyl (C=O) groups excluding carboxylic acids is 2. The average Bonchev–Trinajstić information content (AvgIpc) is 3.10. The van der Waals surface area contributed by atoms with E-state index in [4.69, 9.17) is 0 Å². The lowest BCUT2D eigenvalue weighted by Gasteiger charge is -2.08. The number of nitrogens with zero attached hydrogens (tertiary/aromatic N) is 1. The predicted molar refractivity (Wildman–Crippen MR) is 90.9 cm³/mol. The van der Waals surface area contributed by atoms with Crippen LogP contribution in [0.3, 0.4) is 0 Å². The van der Waals surface area contributed by atoms with E-state index in [-0.39, 0.29) is 11.8 Å². The molecular formula is C17H13N3O2S. The first-order valence-corrected chi connectivity index (χ1v) is 7.81. The van der Waals surface area contributed by atoms with E-state index in [2.05, 4.69) is 15.6 Å². The number of benzene rings is 1. The van der Waals surface area contributed by atoms with Crippen molar-refractivity contribution in [2.75, 3.05) is 10.6 Å². The van der Waals surface area contributed by atoms with Crippen LogP contribution in [0.2, 0.25) is 0 Å². The minimum atomic E-state index is -0.228. The molecule has 6 heteroatoms. The van der Waals surface area contributed by atoms with E-state index in [9.17, 15) is 9.59 Å². The summed E-state index contributed by atoms with van der Waals surface area (Å²) in [4.78, 5) is 28.0. The fourth-order valence-electron chi connectivity index (χ4n) is 1.98. The number of aromatic nitrogens is 1. The maximum absolute atomic E-state index is 12.1. The Labute approximate surface area is 137 Å². The summed E-state index contributed by atoms with van der Waals surface area (Å²) in [6.45, 7) is 0. The van der Waals surface area contributed by atoms with Crippen molar-refractivity contribution in [3.05, 3.63) is 76.7 Å². The number of pyridine rings is 1. The minimum Gasteiger partial charge on any atom is -0.322 e. The Morgan fingerprint density at radius 2 is 1.52 bits per heavy atom. The predicted octanol–water partition coefficient (Wildman–Crippen LogP) is 3.65. The van der Waals surface area contributed by atoms with Gasteiger partial charge in [-0.1, -0.05) is 6.07 Å². The summed E-state index contributed by atoms with van der Waals surface area (Å²) < 4.78 is 0. The molecule has 5 nitrogen and oxygen atoms in total. The number of hydrogen-bond acceptors (Lipinski definition) is 4. The Morgan fingerprint density at radius 3 is 2.13 bits per heavy atom. The van der Waals surface area contributed by atoms with E-state index in [0.717, 1.165) is 0 Å². The summed E-state index contributed by atoms with van der Waals surface area (Å²) >= 11 is 1.46. The first-order valence-electron chi connectivity index (χ1n) is 6.87. The smallest absolute Gasteiger partial charge is 0.256 e. The second-order valence-electron chi connectivity index (χ2n) is 4.74. The van der Waals surface area contributed by atoms with Gasteiger partial charge in [-0.05, 0) is 41.8 Å². The zero-order chi connectivity index (χ0) is 16.1. The Bertz CT molecular complexity index is 817. The van der Waals surface area contributed by atoms with Crippen LogP contribution >= 0.6 is 11.3 Å². The van der Waals surface area contributed by atoms with Crippen molar-refractivity contribution >= 4 is 34.5 Å². The van der Waals surface area contributed by atoms with Gasteiger partial charge in [0.1, 0.15) is 0 Å². The van der Waals surface area contributed by atoms with Gasteiger partial charge in [0.05, 0.1) is 5.56 Å². The standard InChI is InChI=1S/C17H13N3O2S/c21-16(12-4-7-18-8-5-12)19-14-2-1-3-15(10-14)20-17(22)13-6-9-23-11-13/h1-11H,(H,19,21)(H,20,22). The van der Waals surface area contributed by atoms with E-state index >= 15 is 0 Å². The van der Waals surface area contributed by atoms with Crippen molar-refractivity contribution in [3.8, 4) is 0 Å². The Kier molecular flexibility index (Phi) is 4.44. The molecule has 0 bridgehead atoms. The molecule has 0 fully saturated rings. The third-order valence-corrected chi connectivity index (χ3v) is 3.79. The molecular weight excluding hydrogens is 310 g/mol. The molecule has 0 unspecified atom stereocenters. The molecule has 0 saturated heterocycles. The first-order chi connectivity index (χ1) is 11.2. The Morgan fingerprint density at radius 1 is 0.870 bits per heavy atom. The molecule has 2 N–H and O–H groups in total. The molecule has 0 aliphatic carbocycles. The number of nitrogens with one attached hydrogen (secondary N) is 2. The Hall–Kier alpha value is -2.99. The van der Waals surface area contributed by atoms with E-state index in [0.29, 0.717) is 22.5 Å². The topological polar surface area (TPSA) is 71.1 Å². The molecule has 114 valence electrons. The summed E-state index contributed by atoms with van der Waals surface area (Å²) in [6.07, 6.45) is 3.12. The van der Waals surface area contributed by atoms with Crippen molar-refractivity contribution in [1.29, 1.82) is 0 Å². The SMILES string of the molecule is O=C(Nc1cccc(NC(=O)c2ccsc2)c1)c1ccncc1. The second-order valence-corrected chi connectivity index (χ2v) is 5.52. The van der Waals surface area contributed by atoms with E-state index in [1.54, 1.807) is 60.2 Å². The van der Waals surface area contributed by atoms with Crippen LogP contribution in [0.15, 0.2) is 65.6 Å². The van der Waals surface area contributed by atoms with Crippen LogP contribution in [-0.4, -0.2) is 16.8 Å². The number of anilines is 2. The molecule has 2 aromatic heterocycles. The highest BCUT2D eigenvalue weighted by atomic mass is 32.1. The number of carbonyl (C=O) groups is 2. The monoisotopic (exact) mass is 323 g/mol. The lowest BCUT2D eigenvalue weighted by atomic mass is 10.2. The largest absolute Gasteiger partial charge is 0.322 e. The van der Waals surface area contributed by atoms with Gasteiger partial charge < -0.3 is 10.6 Å². The van der Waals surface area contributed by atoms with Crippen LogP contribution in [-0.2, 0) is 0 Å². The fraction of sp³-hybridized carbons (Fsp3) is 0. The molecule has 0 radical (unpaired) electrons. The van der Waals surface area contributed by atoms with Gasteiger partial charge in [-0.25, -0.2) is 0 Å². The summed E-state index contributed by atoms with van der Waals surface area (Å²) in [7, 11) is 0. The van der Waals surface area contributed by atoms with Crippen LogP contribution in [0.25, 0.3) is 0 Å². The van der Waals surface area contributed by atoms with Crippen molar-refractivity contribution < 1.29 is 9.59 Å². The molecule has 3 aromatic rings. The summed E-state index contributed by atoms with van der Waals surface area (Å²) in [5.41, 5.74) is 2.36. The highest BCUT2D eigenvalue weighted by Gasteiger charge is 2.08. The molecule has 0 saturated carbocycles. The quantitative estimate of drug-likeness (QED) is 0.770. The van der Waals surface area contributed by atoms with Gasteiger partial charge in [0.2, 0.25) is 0 Å². The molecule has 0 aliphatic heterocycles. The molecule has 23 heavy (non-hydrogen) atoms. The second kappa shape index (κ2) is 6.85. The first kappa shape index (κ1) is 14.9. The lowest BCUT2D eigenvalue weighted by molar-refractivity contribution is 0.101. The van der Waals surface area contributed by atoms with Crippen molar-refractivity contribution in [1.82, 2.24) is 4.98 Å². The zero-order valence-electron chi connectivity index (χ0n) is 12.0. The lowest BCUT2D eigenvalue weighted by Crippen LogP contribution is -2.13. The van der Waals surface area contributed by atoms with Gasteiger partial charge in [-0.15, -0.1) is 0 Å². The zero-order valence-corrected chi connectivity index (χ0v) is 12.8. The van der Waals surface area contributed by atoms with Gasteiger partial charge in [0, 0.05) is 34.7 Å². The van der Waals surface area contributed by atoms with Crippen LogP contribution in [0.1, 0.15) is 20.7 Å². The highest BCUT2D eigenvalue weighted by molar-refractivity contribution is 7.08. The molecule has 1 aromatic carbocycles. The van der Waals surface area contributed by atoms with Crippen LogP contribution < -0.4 is 10.6 Å². The molecule has 0 spiro atoms. The summed E-state index contributed by atoms with van der Waals surface area (Å²) in [5, 5.41) is 9.22. The van der Waals surface area contributed by atoms with Crippen LogP contribution in [0.4, 0.5) is 11.4 Å². The third kappa shape index (κ3) is 3.81. The number of rotatable bonds is 4. The highest BCUT2D eigenvalue weighted by Crippen LogP contribution is 2.17. The van der Waals surface area contributed by atoms with Crippen molar-refractivity contribution in [3.63, 3.8) is 0 Å². The summed E-state index contributed by atoms with van der Waals surface area (Å²) in [6, 6.07) is 12.0. The van der Waals surface area contributed by atoms with Crippen molar-refractivity contribution in [2.45, 2.75) is 0 Å². The number of hydrogen-bond donors (Lipinski definition) is 2. The molecule has 0 aliphatic rings. The maximum Gasteiger partial charge on any atom is 0.256 e. The van der Waals surface area contributed by atoms with E-state index < -0.39 is 0 Å². The molecule has 3 rings (SSSR count). The van der Waals surface area contributed by atoms with Crippen LogP contribution in [0, 0.1) is 0 Å². The minimum absolute atomic E-state index is 0.177. The van der Waals surface area contributed by atoms with Crippen LogP contribution in [0.5, 0.6) is 0 Å². The molecule has 2 heterocycles. The van der Waals surface area contributed by atoms with Gasteiger partial charge >= 0.3 is 0 Å². The van der Waals surface area contributed by atoms with E-state index in [1.807, 2.05) is 5.38 Å². The number of amides is 2. The normalized spacial score (nSPS) is 10.1. The maximum atomic E-state index is 12.1. The average molecular weight is 323 g/mol. The molecule has 0 atom stereocenters. The number of thiophene rings is 1. The molecule has 2 amide bonds. The van der Waals surface area contributed by atoms with Crippen molar-refractivity contribution in [2.24, 2.45) is 0 Å². The Balaban J connectivity index is 1.70. The third-order valence-electron chi connectivity index (χ3n) is 3.10. The van der Waals surface area contributed by atoms with Gasteiger partial charge in [-0.2, -0.15) is 11.3 Å².